The van der Waals surface area contributed by atoms with Crippen LogP contribution in [0.4, 0.5) is 5.82 Å². The molecule has 1 heterocycles. The number of hydrogen-bond acceptors (Lipinski definition) is 6. The molecule has 0 aliphatic carbocycles. The molecule has 76 valence electrons. The molecular formula is C7H12N6O. The first-order chi connectivity index (χ1) is 6.63. The Morgan fingerprint density at radius 3 is 2.86 bits per heavy atom. The predicted octanol–water partition coefficient (Wildman–Crippen LogP) is -0.540. The highest BCUT2D eigenvalue weighted by molar-refractivity contribution is 5.95. The molecule has 4 N–H and O–H groups in total. The van der Waals surface area contributed by atoms with Gasteiger partial charge in [-0.2, -0.15) is 0 Å². The highest BCUT2D eigenvalue weighted by Gasteiger charge is 2.03. The molecular weight excluding hydrogens is 184 g/mol. The van der Waals surface area contributed by atoms with Gasteiger partial charge < -0.3 is 16.4 Å². The molecule has 0 unspecified atom stereocenters. The van der Waals surface area contributed by atoms with E-state index in [9.17, 15) is 0 Å². The number of aromatic nitrogens is 2. The molecule has 7 heteroatoms. The molecule has 0 saturated carbocycles. The van der Waals surface area contributed by atoms with Gasteiger partial charge in [0.2, 0.25) is 0 Å². The minimum absolute atomic E-state index is 0.0695. The number of hydrazine groups is 1. The number of oxime groups is 1. The van der Waals surface area contributed by atoms with E-state index in [4.69, 9.17) is 10.9 Å². The largest absolute Gasteiger partial charge is 0.409 e. The summed E-state index contributed by atoms with van der Waals surface area (Å²) in [6.45, 7) is 0. The first-order valence-electron chi connectivity index (χ1n) is 3.87. The van der Waals surface area contributed by atoms with Gasteiger partial charge in [0.25, 0.3) is 0 Å². The van der Waals surface area contributed by atoms with Crippen LogP contribution in [0.5, 0.6) is 0 Å². The smallest absolute Gasteiger partial charge is 0.190 e. The van der Waals surface area contributed by atoms with Gasteiger partial charge in [0, 0.05) is 14.1 Å². The molecule has 1 rings (SSSR count). The lowest BCUT2D eigenvalue weighted by Gasteiger charge is -2.12. The molecule has 14 heavy (non-hydrogen) atoms. The third kappa shape index (κ3) is 2.56. The first-order valence-corrected chi connectivity index (χ1v) is 3.87. The summed E-state index contributed by atoms with van der Waals surface area (Å²) in [5.74, 6) is 0.457. The standard InChI is InChI=1S/C7H12N6O/c1-13(2)11-6-4-9-3-5(10-6)7(8)12-14/h3-4,14H,1-2H3,(H2,8,12)(H,10,11). The molecule has 0 amide bonds. The Balaban J connectivity index is 2.90. The van der Waals surface area contributed by atoms with E-state index >= 15 is 0 Å². The van der Waals surface area contributed by atoms with Crippen LogP contribution in [0.1, 0.15) is 5.69 Å². The second kappa shape index (κ2) is 4.38. The number of nitrogens with one attached hydrogen (secondary N) is 1. The van der Waals surface area contributed by atoms with E-state index in [2.05, 4.69) is 20.5 Å². The van der Waals surface area contributed by atoms with Crippen molar-refractivity contribution in [1.29, 1.82) is 0 Å². The molecule has 0 radical (unpaired) electrons. The van der Waals surface area contributed by atoms with Crippen molar-refractivity contribution in [3.05, 3.63) is 18.1 Å². The minimum atomic E-state index is -0.0695. The van der Waals surface area contributed by atoms with Crippen molar-refractivity contribution < 1.29 is 5.21 Å². The molecule has 0 aromatic carbocycles. The zero-order chi connectivity index (χ0) is 10.6. The Kier molecular flexibility index (Phi) is 3.19. The Bertz CT molecular complexity index is 337. The van der Waals surface area contributed by atoms with Gasteiger partial charge in [-0.15, -0.1) is 0 Å². The fraction of sp³-hybridized carbons (Fsp3) is 0.286. The van der Waals surface area contributed by atoms with Gasteiger partial charge in [-0.3, -0.25) is 4.98 Å². The summed E-state index contributed by atoms with van der Waals surface area (Å²) in [6, 6.07) is 0. The molecule has 0 bridgehead atoms. The van der Waals surface area contributed by atoms with Crippen LogP contribution in [-0.4, -0.2) is 40.1 Å². The first kappa shape index (κ1) is 10.2. The monoisotopic (exact) mass is 196 g/mol. The van der Waals surface area contributed by atoms with E-state index < -0.39 is 0 Å². The molecule has 1 aromatic rings. The summed E-state index contributed by atoms with van der Waals surface area (Å²) >= 11 is 0. The molecule has 0 aliphatic rings. The van der Waals surface area contributed by atoms with Gasteiger partial charge >= 0.3 is 0 Å². The van der Waals surface area contributed by atoms with Crippen LogP contribution in [0, 0.1) is 0 Å². The number of rotatable bonds is 3. The Labute approximate surface area is 81.2 Å². The molecule has 0 aliphatic heterocycles. The van der Waals surface area contributed by atoms with E-state index in [1.807, 2.05) is 14.1 Å². The van der Waals surface area contributed by atoms with Crippen LogP contribution in [-0.2, 0) is 0 Å². The van der Waals surface area contributed by atoms with Gasteiger partial charge in [-0.05, 0) is 0 Å². The van der Waals surface area contributed by atoms with Crippen molar-refractivity contribution in [2.24, 2.45) is 10.9 Å². The van der Waals surface area contributed by atoms with Crippen LogP contribution in [0.25, 0.3) is 0 Å². The molecule has 0 saturated heterocycles. The van der Waals surface area contributed by atoms with Crippen molar-refractivity contribution in [3.63, 3.8) is 0 Å². The number of nitrogens with two attached hydrogens (primary N) is 1. The second-order valence-electron chi connectivity index (χ2n) is 2.78. The molecule has 0 fully saturated rings. The Hall–Kier alpha value is -1.89. The van der Waals surface area contributed by atoms with E-state index in [-0.39, 0.29) is 5.84 Å². The molecule has 0 atom stereocenters. The summed E-state index contributed by atoms with van der Waals surface area (Å²) in [6.07, 6.45) is 2.95. The number of hydrogen-bond donors (Lipinski definition) is 3. The minimum Gasteiger partial charge on any atom is -0.409 e. The predicted molar refractivity (Wildman–Crippen MR) is 51.9 cm³/mol. The third-order valence-electron chi connectivity index (χ3n) is 1.34. The number of anilines is 1. The van der Waals surface area contributed by atoms with Gasteiger partial charge in [-0.1, -0.05) is 5.16 Å². The van der Waals surface area contributed by atoms with Crippen LogP contribution >= 0.6 is 0 Å². The summed E-state index contributed by atoms with van der Waals surface area (Å²) < 4.78 is 0. The zero-order valence-corrected chi connectivity index (χ0v) is 7.97. The van der Waals surface area contributed by atoms with Crippen molar-refractivity contribution in [2.75, 3.05) is 19.5 Å². The number of nitrogens with zero attached hydrogens (tertiary/aromatic N) is 4. The van der Waals surface area contributed by atoms with Gasteiger partial charge in [0.05, 0.1) is 12.4 Å². The summed E-state index contributed by atoms with van der Waals surface area (Å²) in [5.41, 5.74) is 8.56. The maximum atomic E-state index is 8.43. The summed E-state index contributed by atoms with van der Waals surface area (Å²) in [5, 5.41) is 13.0. The Morgan fingerprint density at radius 1 is 1.57 bits per heavy atom. The van der Waals surface area contributed by atoms with E-state index in [0.717, 1.165) is 0 Å². The van der Waals surface area contributed by atoms with Gasteiger partial charge in [-0.25, -0.2) is 9.99 Å². The lowest BCUT2D eigenvalue weighted by atomic mass is 10.4. The highest BCUT2D eigenvalue weighted by Crippen LogP contribution is 2.01. The van der Waals surface area contributed by atoms with Crippen molar-refractivity contribution in [3.8, 4) is 0 Å². The fourth-order valence-electron chi connectivity index (χ4n) is 0.824. The van der Waals surface area contributed by atoms with Crippen LogP contribution < -0.4 is 11.2 Å². The van der Waals surface area contributed by atoms with Gasteiger partial charge in [0.15, 0.2) is 11.7 Å². The van der Waals surface area contributed by atoms with E-state index in [0.29, 0.717) is 11.5 Å². The quantitative estimate of drug-likeness (QED) is 0.260. The van der Waals surface area contributed by atoms with E-state index in [1.165, 1.54) is 12.4 Å². The third-order valence-corrected chi connectivity index (χ3v) is 1.34. The Morgan fingerprint density at radius 2 is 2.29 bits per heavy atom. The normalized spacial score (nSPS) is 11.8. The summed E-state index contributed by atoms with van der Waals surface area (Å²) in [4.78, 5) is 7.94. The second-order valence-corrected chi connectivity index (χ2v) is 2.78. The average Bonchev–Trinajstić information content (AvgIpc) is 2.16. The lowest BCUT2D eigenvalue weighted by molar-refractivity contribution is 0.318. The number of amidine groups is 1. The lowest BCUT2D eigenvalue weighted by Crippen LogP contribution is -2.22. The maximum Gasteiger partial charge on any atom is 0.190 e. The van der Waals surface area contributed by atoms with E-state index in [1.54, 1.807) is 5.01 Å². The SMILES string of the molecule is CN(C)Nc1cncc(/C(N)=N/O)n1. The molecule has 1 aromatic heterocycles. The van der Waals surface area contributed by atoms with Crippen LogP contribution in [0.3, 0.4) is 0 Å². The van der Waals surface area contributed by atoms with Gasteiger partial charge in [0.1, 0.15) is 5.69 Å². The fourth-order valence-corrected chi connectivity index (χ4v) is 0.824. The van der Waals surface area contributed by atoms with Crippen LogP contribution in [0.15, 0.2) is 17.5 Å². The van der Waals surface area contributed by atoms with Crippen LogP contribution in [0.2, 0.25) is 0 Å². The molecule has 0 spiro atoms. The highest BCUT2D eigenvalue weighted by atomic mass is 16.4. The maximum absolute atomic E-state index is 8.43. The van der Waals surface area contributed by atoms with Crippen molar-refractivity contribution >= 4 is 11.7 Å². The van der Waals surface area contributed by atoms with Crippen molar-refractivity contribution in [2.45, 2.75) is 0 Å². The van der Waals surface area contributed by atoms with Crippen molar-refractivity contribution in [1.82, 2.24) is 15.0 Å². The zero-order valence-electron chi connectivity index (χ0n) is 7.97. The summed E-state index contributed by atoms with van der Waals surface area (Å²) in [7, 11) is 3.63. The topological polar surface area (TPSA) is 99.7 Å². The molecule has 7 nitrogen and oxygen atoms in total. The average molecular weight is 196 g/mol.